The van der Waals surface area contributed by atoms with E-state index in [1.807, 2.05) is 41.5 Å². The summed E-state index contributed by atoms with van der Waals surface area (Å²) in [6.45, 7) is 3.73. The summed E-state index contributed by atoms with van der Waals surface area (Å²) < 4.78 is 1.90. The van der Waals surface area contributed by atoms with Gasteiger partial charge in [0.25, 0.3) is 0 Å². The molecular formula is C13H14N4S. The van der Waals surface area contributed by atoms with Gasteiger partial charge in [0.15, 0.2) is 0 Å². The van der Waals surface area contributed by atoms with Gasteiger partial charge in [-0.05, 0) is 19.1 Å². The van der Waals surface area contributed by atoms with Crippen LogP contribution in [-0.2, 0) is 13.1 Å². The highest BCUT2D eigenvalue weighted by molar-refractivity contribution is 7.09. The number of fused-ring (bicyclic) bond motifs is 1. The van der Waals surface area contributed by atoms with Crippen molar-refractivity contribution in [3.8, 4) is 0 Å². The Hall–Kier alpha value is -1.72. The Balaban J connectivity index is 1.68. The van der Waals surface area contributed by atoms with Crippen LogP contribution in [0.25, 0.3) is 5.52 Å². The van der Waals surface area contributed by atoms with Crippen molar-refractivity contribution in [2.45, 2.75) is 20.0 Å². The van der Waals surface area contributed by atoms with Crippen LogP contribution in [0, 0.1) is 6.92 Å². The van der Waals surface area contributed by atoms with Gasteiger partial charge in [0.2, 0.25) is 0 Å². The zero-order chi connectivity index (χ0) is 12.4. The first-order chi connectivity index (χ1) is 8.84. The molecule has 0 radical (unpaired) electrons. The predicted octanol–water partition coefficient (Wildman–Crippen LogP) is 2.39. The van der Waals surface area contributed by atoms with E-state index >= 15 is 0 Å². The highest BCUT2D eigenvalue weighted by Crippen LogP contribution is 2.13. The summed E-state index contributed by atoms with van der Waals surface area (Å²) in [7, 11) is 0. The summed E-state index contributed by atoms with van der Waals surface area (Å²) in [6, 6.07) is 6.10. The lowest BCUT2D eigenvalue weighted by Gasteiger charge is -2.02. The van der Waals surface area contributed by atoms with Crippen LogP contribution in [0.15, 0.2) is 36.1 Å². The third-order valence-electron chi connectivity index (χ3n) is 2.95. The summed E-state index contributed by atoms with van der Waals surface area (Å²) >= 11 is 1.70. The molecule has 4 nitrogen and oxygen atoms in total. The molecule has 0 aliphatic heterocycles. The molecular weight excluding hydrogens is 244 g/mol. The second-order valence-corrected chi connectivity index (χ2v) is 5.10. The Bertz CT molecular complexity index is 656. The standard InChI is InChI=1S/C13H14N4S/c1-10-13(18-9-15-10)8-14-6-11-7-16-17-5-3-2-4-12(11)17/h2-5,7,9,14H,6,8H2,1H3. The van der Waals surface area contributed by atoms with E-state index in [0.717, 1.165) is 24.3 Å². The van der Waals surface area contributed by atoms with E-state index in [2.05, 4.69) is 21.5 Å². The lowest BCUT2D eigenvalue weighted by atomic mass is 10.2. The monoisotopic (exact) mass is 258 g/mol. The highest BCUT2D eigenvalue weighted by Gasteiger charge is 2.04. The van der Waals surface area contributed by atoms with Crippen LogP contribution in [0.2, 0.25) is 0 Å². The largest absolute Gasteiger partial charge is 0.308 e. The zero-order valence-corrected chi connectivity index (χ0v) is 10.9. The Labute approximate surface area is 109 Å². The molecule has 0 aliphatic rings. The average Bonchev–Trinajstić information content (AvgIpc) is 2.97. The van der Waals surface area contributed by atoms with Crippen LogP contribution in [0.4, 0.5) is 0 Å². The normalized spacial score (nSPS) is 11.2. The second kappa shape index (κ2) is 4.88. The third-order valence-corrected chi connectivity index (χ3v) is 3.89. The smallest absolute Gasteiger partial charge is 0.0798 e. The maximum absolute atomic E-state index is 4.32. The molecule has 0 atom stereocenters. The maximum atomic E-state index is 4.32. The van der Waals surface area contributed by atoms with Crippen LogP contribution >= 0.6 is 11.3 Å². The van der Waals surface area contributed by atoms with Crippen LogP contribution in [0.1, 0.15) is 16.1 Å². The van der Waals surface area contributed by atoms with Crippen molar-refractivity contribution in [2.24, 2.45) is 0 Å². The molecule has 0 unspecified atom stereocenters. The SMILES string of the molecule is Cc1ncsc1CNCc1cnn2ccccc12. The van der Waals surface area contributed by atoms with E-state index < -0.39 is 0 Å². The molecule has 0 fully saturated rings. The first-order valence-corrected chi connectivity index (χ1v) is 6.73. The van der Waals surface area contributed by atoms with E-state index in [1.165, 1.54) is 10.4 Å². The quantitative estimate of drug-likeness (QED) is 0.781. The number of aromatic nitrogens is 3. The molecule has 3 aromatic rings. The number of hydrogen-bond donors (Lipinski definition) is 1. The van der Waals surface area contributed by atoms with Gasteiger partial charge in [-0.15, -0.1) is 11.3 Å². The van der Waals surface area contributed by atoms with Crippen LogP contribution in [0.3, 0.4) is 0 Å². The molecule has 1 N–H and O–H groups in total. The number of rotatable bonds is 4. The van der Waals surface area contributed by atoms with Crippen molar-refractivity contribution >= 4 is 16.9 Å². The van der Waals surface area contributed by atoms with E-state index in [4.69, 9.17) is 0 Å². The van der Waals surface area contributed by atoms with Crippen molar-refractivity contribution in [2.75, 3.05) is 0 Å². The van der Waals surface area contributed by atoms with Gasteiger partial charge in [-0.3, -0.25) is 0 Å². The Morgan fingerprint density at radius 2 is 2.28 bits per heavy atom. The van der Waals surface area contributed by atoms with Gasteiger partial charge in [0.1, 0.15) is 0 Å². The van der Waals surface area contributed by atoms with Crippen LogP contribution < -0.4 is 5.32 Å². The second-order valence-electron chi connectivity index (χ2n) is 4.16. The molecule has 3 aromatic heterocycles. The minimum Gasteiger partial charge on any atom is -0.308 e. The van der Waals surface area contributed by atoms with Gasteiger partial charge < -0.3 is 5.32 Å². The molecule has 0 amide bonds. The Morgan fingerprint density at radius 3 is 3.11 bits per heavy atom. The molecule has 18 heavy (non-hydrogen) atoms. The molecule has 0 bridgehead atoms. The molecule has 5 heteroatoms. The molecule has 0 spiro atoms. The van der Waals surface area contributed by atoms with Crippen LogP contribution in [0.5, 0.6) is 0 Å². The van der Waals surface area contributed by atoms with Crippen molar-refractivity contribution < 1.29 is 0 Å². The van der Waals surface area contributed by atoms with Crippen LogP contribution in [-0.4, -0.2) is 14.6 Å². The Morgan fingerprint density at radius 1 is 1.33 bits per heavy atom. The van der Waals surface area contributed by atoms with Crippen molar-refractivity contribution in [3.63, 3.8) is 0 Å². The van der Waals surface area contributed by atoms with Crippen molar-refractivity contribution in [1.29, 1.82) is 0 Å². The fourth-order valence-corrected chi connectivity index (χ4v) is 2.68. The molecule has 0 saturated heterocycles. The number of thiazole rings is 1. The minimum atomic E-state index is 0.824. The maximum Gasteiger partial charge on any atom is 0.0798 e. The van der Waals surface area contributed by atoms with E-state index in [1.54, 1.807) is 11.3 Å². The summed E-state index contributed by atoms with van der Waals surface area (Å²) in [5.41, 5.74) is 5.39. The highest BCUT2D eigenvalue weighted by atomic mass is 32.1. The number of aryl methyl sites for hydroxylation is 1. The zero-order valence-electron chi connectivity index (χ0n) is 10.1. The molecule has 0 saturated carbocycles. The molecule has 3 rings (SSSR count). The number of nitrogens with one attached hydrogen (secondary N) is 1. The first kappa shape index (κ1) is 11.4. The Kier molecular flexibility index (Phi) is 3.08. The van der Waals surface area contributed by atoms with Gasteiger partial charge in [0.05, 0.1) is 22.9 Å². The topological polar surface area (TPSA) is 42.2 Å². The number of pyridine rings is 1. The van der Waals surface area contributed by atoms with Gasteiger partial charge in [-0.25, -0.2) is 9.50 Å². The number of nitrogens with zero attached hydrogens (tertiary/aromatic N) is 3. The van der Waals surface area contributed by atoms with E-state index in [0.29, 0.717) is 0 Å². The van der Waals surface area contributed by atoms with Gasteiger partial charge in [-0.1, -0.05) is 6.07 Å². The average molecular weight is 258 g/mol. The lowest BCUT2D eigenvalue weighted by molar-refractivity contribution is 0.700. The summed E-state index contributed by atoms with van der Waals surface area (Å²) in [5.74, 6) is 0. The van der Waals surface area contributed by atoms with Gasteiger partial charge in [-0.2, -0.15) is 5.10 Å². The van der Waals surface area contributed by atoms with Crippen molar-refractivity contribution in [1.82, 2.24) is 19.9 Å². The first-order valence-electron chi connectivity index (χ1n) is 5.85. The third kappa shape index (κ3) is 2.14. The summed E-state index contributed by atoms with van der Waals surface area (Å²) in [4.78, 5) is 5.54. The predicted molar refractivity (Wildman–Crippen MR) is 72.6 cm³/mol. The molecule has 0 aromatic carbocycles. The lowest BCUT2D eigenvalue weighted by Crippen LogP contribution is -2.12. The molecule has 0 aliphatic carbocycles. The fraction of sp³-hybridized carbons (Fsp3) is 0.231. The molecule has 3 heterocycles. The van der Waals surface area contributed by atoms with Crippen molar-refractivity contribution in [3.05, 3.63) is 52.2 Å². The van der Waals surface area contributed by atoms with Gasteiger partial charge in [0, 0.05) is 29.7 Å². The number of hydrogen-bond acceptors (Lipinski definition) is 4. The van der Waals surface area contributed by atoms with E-state index in [-0.39, 0.29) is 0 Å². The van der Waals surface area contributed by atoms with E-state index in [9.17, 15) is 0 Å². The fourth-order valence-electron chi connectivity index (χ4n) is 1.93. The van der Waals surface area contributed by atoms with Gasteiger partial charge >= 0.3 is 0 Å². The minimum absolute atomic E-state index is 0.824. The summed E-state index contributed by atoms with van der Waals surface area (Å²) in [5, 5.41) is 7.76. The summed E-state index contributed by atoms with van der Waals surface area (Å²) in [6.07, 6.45) is 3.88. The molecule has 92 valence electrons.